The van der Waals surface area contributed by atoms with Crippen LogP contribution in [0.25, 0.3) is 0 Å². The number of nitrogens with zero attached hydrogens (tertiary/aromatic N) is 2. The van der Waals surface area contributed by atoms with Crippen LogP contribution in [0.1, 0.15) is 31.8 Å². The van der Waals surface area contributed by atoms with Crippen molar-refractivity contribution in [2.75, 3.05) is 11.6 Å². The van der Waals surface area contributed by atoms with Crippen LogP contribution in [0.3, 0.4) is 0 Å². The zero-order chi connectivity index (χ0) is 21.3. The minimum absolute atomic E-state index is 0.114. The van der Waals surface area contributed by atoms with Gasteiger partial charge in [0.25, 0.3) is 5.91 Å². The van der Waals surface area contributed by atoms with Crippen LogP contribution in [0.15, 0.2) is 66.7 Å². The molecular weight excluding hydrogens is 421 g/mol. The van der Waals surface area contributed by atoms with Gasteiger partial charge in [-0.2, -0.15) is 0 Å². The predicted molar refractivity (Wildman–Crippen MR) is 119 cm³/mol. The lowest BCUT2D eigenvalue weighted by atomic mass is 10.0. The molecule has 0 saturated heterocycles. The van der Waals surface area contributed by atoms with Gasteiger partial charge < -0.3 is 15.5 Å². The summed E-state index contributed by atoms with van der Waals surface area (Å²) in [5.74, 6) is -0.639. The molecule has 3 aromatic rings. The van der Waals surface area contributed by atoms with Gasteiger partial charge in [-0.1, -0.05) is 59.6 Å². The van der Waals surface area contributed by atoms with Gasteiger partial charge in [0.05, 0.1) is 28.0 Å². The summed E-state index contributed by atoms with van der Waals surface area (Å²) in [6.07, 6.45) is 0. The molecule has 7 heteroatoms. The third kappa shape index (κ3) is 4.13. The zero-order valence-corrected chi connectivity index (χ0v) is 17.5. The Labute approximate surface area is 184 Å². The van der Waals surface area contributed by atoms with E-state index in [4.69, 9.17) is 28.9 Å². The Morgan fingerprint density at radius 1 is 0.867 bits per heavy atom. The van der Waals surface area contributed by atoms with E-state index in [1.165, 1.54) is 0 Å². The molecule has 1 heterocycles. The van der Waals surface area contributed by atoms with Gasteiger partial charge in [0.15, 0.2) is 0 Å². The van der Waals surface area contributed by atoms with Gasteiger partial charge in [-0.3, -0.25) is 9.59 Å². The fraction of sp³-hybridized carbons (Fsp3) is 0.130. The van der Waals surface area contributed by atoms with Gasteiger partial charge in [-0.25, -0.2) is 0 Å². The standard InChI is InChI=1S/C23H19Cl2N3O2/c24-19-9-6-16(10-20(19)25)13-28-14-27(12-15-4-2-1-3-5-15)21-11-17(22(26)29)7-8-18(21)23(28)30/h1-11H,12-14H2,(H2,26,29). The molecule has 0 spiro atoms. The average molecular weight is 440 g/mol. The molecule has 1 aliphatic rings. The number of hydrogen-bond donors (Lipinski definition) is 1. The highest BCUT2D eigenvalue weighted by Crippen LogP contribution is 2.31. The molecule has 0 aliphatic carbocycles. The summed E-state index contributed by atoms with van der Waals surface area (Å²) in [6.45, 7) is 1.34. The van der Waals surface area contributed by atoms with Crippen LogP contribution in [-0.4, -0.2) is 23.4 Å². The highest BCUT2D eigenvalue weighted by molar-refractivity contribution is 6.42. The van der Waals surface area contributed by atoms with Crippen molar-refractivity contribution in [1.82, 2.24) is 4.90 Å². The molecule has 1 aliphatic heterocycles. The Hall–Kier alpha value is -3.02. The number of carbonyl (C=O) groups is 2. The molecule has 2 amide bonds. The Bertz CT molecular complexity index is 1120. The number of halogens is 2. The van der Waals surface area contributed by atoms with Gasteiger partial charge in [0.1, 0.15) is 0 Å². The van der Waals surface area contributed by atoms with Crippen LogP contribution in [-0.2, 0) is 13.1 Å². The third-order valence-electron chi connectivity index (χ3n) is 5.06. The minimum atomic E-state index is -0.525. The zero-order valence-electron chi connectivity index (χ0n) is 16.0. The fourth-order valence-corrected chi connectivity index (χ4v) is 3.88. The molecule has 0 unspecified atom stereocenters. The molecule has 0 aromatic heterocycles. The monoisotopic (exact) mass is 439 g/mol. The summed E-state index contributed by atoms with van der Waals surface area (Å²) in [6, 6.07) is 20.2. The molecule has 0 bridgehead atoms. The number of amides is 2. The Balaban J connectivity index is 1.70. The number of fused-ring (bicyclic) bond motifs is 1. The average Bonchev–Trinajstić information content (AvgIpc) is 2.74. The molecule has 2 N–H and O–H groups in total. The maximum Gasteiger partial charge on any atom is 0.257 e. The summed E-state index contributed by atoms with van der Waals surface area (Å²) in [5, 5.41) is 0.923. The number of anilines is 1. The van der Waals surface area contributed by atoms with Crippen molar-refractivity contribution in [2.45, 2.75) is 13.1 Å². The Morgan fingerprint density at radius 2 is 1.60 bits per heavy atom. The Morgan fingerprint density at radius 3 is 2.30 bits per heavy atom. The lowest BCUT2D eigenvalue weighted by molar-refractivity contribution is 0.0727. The molecular formula is C23H19Cl2N3O2. The summed E-state index contributed by atoms with van der Waals surface area (Å²) in [7, 11) is 0. The molecule has 0 saturated carbocycles. The van der Waals surface area contributed by atoms with E-state index in [0.29, 0.717) is 46.6 Å². The molecule has 4 rings (SSSR count). The van der Waals surface area contributed by atoms with Crippen LogP contribution >= 0.6 is 23.2 Å². The second-order valence-corrected chi connectivity index (χ2v) is 7.99. The number of rotatable bonds is 5. The van der Waals surface area contributed by atoms with E-state index in [1.807, 2.05) is 36.4 Å². The van der Waals surface area contributed by atoms with E-state index in [2.05, 4.69) is 4.90 Å². The third-order valence-corrected chi connectivity index (χ3v) is 5.79. The summed E-state index contributed by atoms with van der Waals surface area (Å²) in [5.41, 5.74) is 9.04. The van der Waals surface area contributed by atoms with Gasteiger partial charge in [0, 0.05) is 18.7 Å². The van der Waals surface area contributed by atoms with E-state index in [9.17, 15) is 9.59 Å². The van der Waals surface area contributed by atoms with Crippen LogP contribution in [0, 0.1) is 0 Å². The molecule has 0 atom stereocenters. The SMILES string of the molecule is NC(=O)c1ccc2c(c1)N(Cc1ccccc1)CN(Cc1ccc(Cl)c(Cl)c1)C2=O. The largest absolute Gasteiger partial charge is 0.366 e. The molecule has 5 nitrogen and oxygen atoms in total. The fourth-order valence-electron chi connectivity index (χ4n) is 3.56. The first-order chi connectivity index (χ1) is 14.4. The predicted octanol–water partition coefficient (Wildman–Crippen LogP) is 4.71. The summed E-state index contributed by atoms with van der Waals surface area (Å²) in [4.78, 5) is 28.7. The van der Waals surface area contributed by atoms with Crippen molar-refractivity contribution in [3.63, 3.8) is 0 Å². The highest BCUT2D eigenvalue weighted by atomic mass is 35.5. The first-order valence-electron chi connectivity index (χ1n) is 9.38. The van der Waals surface area contributed by atoms with Crippen molar-refractivity contribution < 1.29 is 9.59 Å². The van der Waals surface area contributed by atoms with E-state index in [0.717, 1.165) is 11.1 Å². The number of primary amides is 1. The number of nitrogens with two attached hydrogens (primary N) is 1. The van der Waals surface area contributed by atoms with E-state index in [1.54, 1.807) is 35.2 Å². The number of hydrogen-bond acceptors (Lipinski definition) is 3. The molecule has 30 heavy (non-hydrogen) atoms. The summed E-state index contributed by atoms with van der Waals surface area (Å²) < 4.78 is 0. The summed E-state index contributed by atoms with van der Waals surface area (Å²) >= 11 is 12.2. The van der Waals surface area contributed by atoms with E-state index >= 15 is 0 Å². The smallest absolute Gasteiger partial charge is 0.257 e. The first-order valence-corrected chi connectivity index (χ1v) is 10.1. The maximum absolute atomic E-state index is 13.2. The van der Waals surface area contributed by atoms with Crippen LogP contribution in [0.2, 0.25) is 10.0 Å². The van der Waals surface area contributed by atoms with Crippen molar-refractivity contribution in [3.8, 4) is 0 Å². The molecule has 3 aromatic carbocycles. The van der Waals surface area contributed by atoms with Crippen LogP contribution in [0.4, 0.5) is 5.69 Å². The molecule has 0 radical (unpaired) electrons. The number of carbonyl (C=O) groups excluding carboxylic acids is 2. The second kappa shape index (κ2) is 8.38. The van der Waals surface area contributed by atoms with Gasteiger partial charge in [-0.05, 0) is 41.5 Å². The van der Waals surface area contributed by atoms with Crippen molar-refractivity contribution in [1.29, 1.82) is 0 Å². The van der Waals surface area contributed by atoms with Crippen LogP contribution in [0.5, 0.6) is 0 Å². The minimum Gasteiger partial charge on any atom is -0.366 e. The quantitative estimate of drug-likeness (QED) is 0.625. The second-order valence-electron chi connectivity index (χ2n) is 7.17. The lowest BCUT2D eigenvalue weighted by Crippen LogP contribution is -2.46. The molecule has 152 valence electrons. The molecule has 0 fully saturated rings. The van der Waals surface area contributed by atoms with E-state index in [-0.39, 0.29) is 5.91 Å². The lowest BCUT2D eigenvalue weighted by Gasteiger charge is -2.38. The van der Waals surface area contributed by atoms with Crippen molar-refractivity contribution in [2.24, 2.45) is 5.73 Å². The Kier molecular flexibility index (Phi) is 5.66. The van der Waals surface area contributed by atoms with Crippen molar-refractivity contribution >= 4 is 40.7 Å². The normalized spacial score (nSPS) is 13.3. The first kappa shape index (κ1) is 20.3. The maximum atomic E-state index is 13.2. The van der Waals surface area contributed by atoms with E-state index < -0.39 is 5.91 Å². The highest BCUT2D eigenvalue weighted by Gasteiger charge is 2.30. The number of benzene rings is 3. The topological polar surface area (TPSA) is 66.6 Å². The van der Waals surface area contributed by atoms with Gasteiger partial charge in [0.2, 0.25) is 5.91 Å². The van der Waals surface area contributed by atoms with Gasteiger partial charge >= 0.3 is 0 Å². The van der Waals surface area contributed by atoms with Crippen molar-refractivity contribution in [3.05, 3.63) is 99.0 Å². The van der Waals surface area contributed by atoms with Crippen LogP contribution < -0.4 is 10.6 Å². The van der Waals surface area contributed by atoms with Gasteiger partial charge in [-0.15, -0.1) is 0 Å².